The molecule has 1 amide bonds. The second-order valence-electron chi connectivity index (χ2n) is 7.29. The highest BCUT2D eigenvalue weighted by Crippen LogP contribution is 2.43. The molecule has 4 aromatic rings. The van der Waals surface area contributed by atoms with Gasteiger partial charge in [0.05, 0.1) is 22.5 Å². The van der Waals surface area contributed by atoms with Crippen molar-refractivity contribution in [3.8, 4) is 10.9 Å². The molecule has 1 aliphatic heterocycles. The number of amides is 1. The number of carbonyl (C=O) groups excluding carboxylic acids is 1. The fraction of sp³-hybridized carbons (Fsp3) is 0.227. The first-order valence-electron chi connectivity index (χ1n) is 9.82. The van der Waals surface area contributed by atoms with Crippen molar-refractivity contribution in [3.63, 3.8) is 0 Å². The van der Waals surface area contributed by atoms with E-state index in [1.807, 2.05) is 32.0 Å². The van der Waals surface area contributed by atoms with Crippen LogP contribution in [-0.4, -0.2) is 27.3 Å². The molecule has 1 N–H and O–H groups in total. The van der Waals surface area contributed by atoms with Crippen molar-refractivity contribution in [3.05, 3.63) is 64.1 Å². The lowest BCUT2D eigenvalue weighted by molar-refractivity contribution is -0.116. The van der Waals surface area contributed by atoms with Crippen LogP contribution < -0.4 is 10.1 Å². The molecule has 158 valence electrons. The van der Waals surface area contributed by atoms with Gasteiger partial charge in [-0.1, -0.05) is 29.0 Å². The topological polar surface area (TPSA) is 69.0 Å². The van der Waals surface area contributed by atoms with Gasteiger partial charge >= 0.3 is 0 Å². The van der Waals surface area contributed by atoms with E-state index in [1.54, 1.807) is 10.7 Å². The molecular weight excluding hydrogens is 439 g/mol. The summed E-state index contributed by atoms with van der Waals surface area (Å²) in [5, 5.41) is 8.55. The number of nitrogens with zero attached hydrogens (tertiary/aromatic N) is 3. The molecule has 0 saturated carbocycles. The third kappa shape index (κ3) is 3.45. The average molecular weight is 457 g/mol. The summed E-state index contributed by atoms with van der Waals surface area (Å²) in [6.45, 7) is 4.41. The standard InChI is InChI=1S/C22H18ClFN4O2S/c1-3-30-13-5-7-17-18(9-13)31-22(25-17)28-21-20(11(2)27-28)15(10-19(29)26-21)14-6-4-12(24)8-16(14)23/h4-9,15H,3,10H2,1-2H3,(H,26,29)/t15-/m1/s1. The third-order valence-corrected chi connectivity index (χ3v) is 6.60. The fourth-order valence-corrected chi connectivity index (χ4v) is 5.23. The van der Waals surface area contributed by atoms with E-state index >= 15 is 0 Å². The van der Waals surface area contributed by atoms with Gasteiger partial charge in [0.2, 0.25) is 11.0 Å². The van der Waals surface area contributed by atoms with Crippen LogP contribution in [0.25, 0.3) is 15.3 Å². The van der Waals surface area contributed by atoms with Gasteiger partial charge in [-0.15, -0.1) is 0 Å². The van der Waals surface area contributed by atoms with Crippen molar-refractivity contribution in [2.75, 3.05) is 11.9 Å². The first-order valence-corrected chi connectivity index (χ1v) is 11.0. The van der Waals surface area contributed by atoms with Crippen LogP contribution in [0.2, 0.25) is 5.02 Å². The van der Waals surface area contributed by atoms with E-state index in [-0.39, 0.29) is 18.2 Å². The zero-order valence-corrected chi connectivity index (χ0v) is 18.4. The van der Waals surface area contributed by atoms with Gasteiger partial charge in [0, 0.05) is 22.9 Å². The Morgan fingerprint density at radius 1 is 1.32 bits per heavy atom. The Labute approximate surface area is 186 Å². The number of thiazole rings is 1. The zero-order valence-electron chi connectivity index (χ0n) is 16.8. The molecule has 31 heavy (non-hydrogen) atoms. The van der Waals surface area contributed by atoms with Gasteiger partial charge in [-0.25, -0.2) is 9.37 Å². The van der Waals surface area contributed by atoms with E-state index < -0.39 is 5.82 Å². The van der Waals surface area contributed by atoms with Gasteiger partial charge < -0.3 is 10.1 Å². The molecule has 0 unspecified atom stereocenters. The Bertz CT molecular complexity index is 1330. The SMILES string of the molecule is CCOc1ccc2nc(-n3nc(C)c4c3NC(=O)C[C@@H]4c3ccc(F)cc3Cl)sc2c1. The first kappa shape index (κ1) is 20.0. The molecule has 1 aliphatic rings. The number of fused-ring (bicyclic) bond motifs is 2. The minimum atomic E-state index is -0.414. The minimum absolute atomic E-state index is 0.154. The van der Waals surface area contributed by atoms with Crippen LogP contribution in [0.1, 0.15) is 36.1 Å². The Morgan fingerprint density at radius 2 is 2.16 bits per heavy atom. The molecule has 0 radical (unpaired) electrons. The van der Waals surface area contributed by atoms with E-state index in [1.165, 1.54) is 23.5 Å². The van der Waals surface area contributed by atoms with Crippen molar-refractivity contribution >= 4 is 44.9 Å². The van der Waals surface area contributed by atoms with Crippen molar-refractivity contribution in [2.24, 2.45) is 0 Å². The van der Waals surface area contributed by atoms with E-state index in [0.717, 1.165) is 27.2 Å². The number of carbonyl (C=O) groups is 1. The summed E-state index contributed by atoms with van der Waals surface area (Å²) in [6, 6.07) is 10.00. The number of hydrogen-bond acceptors (Lipinski definition) is 5. The molecule has 2 aromatic heterocycles. The number of halogens is 2. The molecule has 0 fully saturated rings. The zero-order chi connectivity index (χ0) is 21.7. The van der Waals surface area contributed by atoms with Crippen molar-refractivity contribution in [2.45, 2.75) is 26.2 Å². The van der Waals surface area contributed by atoms with Gasteiger partial charge in [-0.05, 0) is 49.7 Å². The predicted octanol–water partition coefficient (Wildman–Crippen LogP) is 5.46. The molecule has 9 heteroatoms. The number of ether oxygens (including phenoxy) is 1. The molecular formula is C22H18ClFN4O2S. The normalized spacial score (nSPS) is 15.7. The van der Waals surface area contributed by atoms with Crippen LogP contribution in [0.4, 0.5) is 10.2 Å². The Kier molecular flexibility index (Phi) is 4.91. The molecule has 0 spiro atoms. The van der Waals surface area contributed by atoms with Crippen molar-refractivity contribution < 1.29 is 13.9 Å². The van der Waals surface area contributed by atoms with Crippen LogP contribution in [0.3, 0.4) is 0 Å². The van der Waals surface area contributed by atoms with Crippen LogP contribution >= 0.6 is 22.9 Å². The first-order chi connectivity index (χ1) is 14.9. The lowest BCUT2D eigenvalue weighted by atomic mass is 9.86. The summed E-state index contributed by atoms with van der Waals surface area (Å²) in [5.41, 5.74) is 3.15. The number of aryl methyl sites for hydroxylation is 1. The fourth-order valence-electron chi connectivity index (χ4n) is 3.98. The van der Waals surface area contributed by atoms with Gasteiger partial charge in [0.25, 0.3) is 0 Å². The third-order valence-electron chi connectivity index (χ3n) is 5.28. The van der Waals surface area contributed by atoms with Gasteiger partial charge in [0.1, 0.15) is 17.4 Å². The summed E-state index contributed by atoms with van der Waals surface area (Å²) >= 11 is 7.79. The van der Waals surface area contributed by atoms with Crippen LogP contribution in [-0.2, 0) is 4.79 Å². The highest BCUT2D eigenvalue weighted by atomic mass is 35.5. The maximum Gasteiger partial charge on any atom is 0.226 e. The second-order valence-corrected chi connectivity index (χ2v) is 8.71. The Balaban J connectivity index is 1.63. The highest BCUT2D eigenvalue weighted by Gasteiger charge is 2.34. The van der Waals surface area contributed by atoms with E-state index in [4.69, 9.17) is 21.3 Å². The summed E-state index contributed by atoms with van der Waals surface area (Å²) in [7, 11) is 0. The smallest absolute Gasteiger partial charge is 0.226 e. The van der Waals surface area contributed by atoms with E-state index in [9.17, 15) is 9.18 Å². The number of hydrogen-bond donors (Lipinski definition) is 1. The largest absolute Gasteiger partial charge is 0.494 e. The van der Waals surface area contributed by atoms with Crippen molar-refractivity contribution in [1.29, 1.82) is 0 Å². The predicted molar refractivity (Wildman–Crippen MR) is 119 cm³/mol. The Morgan fingerprint density at radius 3 is 2.94 bits per heavy atom. The molecule has 6 nitrogen and oxygen atoms in total. The summed E-state index contributed by atoms with van der Waals surface area (Å²) < 4.78 is 21.8. The summed E-state index contributed by atoms with van der Waals surface area (Å²) in [4.78, 5) is 17.3. The molecule has 0 aliphatic carbocycles. The molecule has 2 aromatic carbocycles. The van der Waals surface area contributed by atoms with Crippen LogP contribution in [0.15, 0.2) is 36.4 Å². The minimum Gasteiger partial charge on any atom is -0.494 e. The monoisotopic (exact) mass is 456 g/mol. The van der Waals surface area contributed by atoms with Gasteiger partial charge in [0.15, 0.2) is 0 Å². The quantitative estimate of drug-likeness (QED) is 0.443. The number of nitrogens with one attached hydrogen (secondary N) is 1. The highest BCUT2D eigenvalue weighted by molar-refractivity contribution is 7.20. The number of benzene rings is 2. The summed E-state index contributed by atoms with van der Waals surface area (Å²) in [5.74, 6) is 0.470. The number of anilines is 1. The molecule has 0 bridgehead atoms. The van der Waals surface area contributed by atoms with Crippen LogP contribution in [0.5, 0.6) is 5.75 Å². The lowest BCUT2D eigenvalue weighted by Gasteiger charge is -2.24. The van der Waals surface area contributed by atoms with E-state index in [2.05, 4.69) is 10.4 Å². The second kappa shape index (κ2) is 7.62. The van der Waals surface area contributed by atoms with E-state index in [0.29, 0.717) is 28.1 Å². The number of aromatic nitrogens is 3. The molecule has 1 atom stereocenters. The van der Waals surface area contributed by atoms with Gasteiger partial charge in [-0.3, -0.25) is 4.79 Å². The lowest BCUT2D eigenvalue weighted by Crippen LogP contribution is -2.25. The maximum absolute atomic E-state index is 13.6. The average Bonchev–Trinajstić information content (AvgIpc) is 3.28. The number of rotatable bonds is 4. The Hall–Kier alpha value is -2.97. The molecule has 0 saturated heterocycles. The molecule has 5 rings (SSSR count). The molecule has 3 heterocycles. The van der Waals surface area contributed by atoms with Crippen molar-refractivity contribution in [1.82, 2.24) is 14.8 Å². The summed E-state index contributed by atoms with van der Waals surface area (Å²) in [6.07, 6.45) is 0.211. The maximum atomic E-state index is 13.6. The van der Waals surface area contributed by atoms with Gasteiger partial charge in [-0.2, -0.15) is 9.78 Å². The van der Waals surface area contributed by atoms with Crippen LogP contribution in [0, 0.1) is 12.7 Å².